The summed E-state index contributed by atoms with van der Waals surface area (Å²) in [7, 11) is 3.45. The highest BCUT2D eigenvalue weighted by Crippen LogP contribution is 2.38. The van der Waals surface area contributed by atoms with Gasteiger partial charge in [-0.3, -0.25) is 14.7 Å². The molecule has 2 atom stereocenters. The summed E-state index contributed by atoms with van der Waals surface area (Å²) in [4.78, 5) is 39.4. The molecule has 1 aromatic carbocycles. The molecule has 212 valence electrons. The number of terminal acetylenes is 1. The molecule has 0 radical (unpaired) electrons. The summed E-state index contributed by atoms with van der Waals surface area (Å²) >= 11 is 0. The summed E-state index contributed by atoms with van der Waals surface area (Å²) < 4.78 is 6.45. The highest BCUT2D eigenvalue weighted by atomic mass is 16.5. The molecule has 2 aliphatic heterocycles. The molecule has 0 bridgehead atoms. The third-order valence-corrected chi connectivity index (χ3v) is 7.70. The van der Waals surface area contributed by atoms with Gasteiger partial charge in [0.1, 0.15) is 5.82 Å². The summed E-state index contributed by atoms with van der Waals surface area (Å²) in [5.41, 5.74) is 4.85. The van der Waals surface area contributed by atoms with E-state index in [2.05, 4.69) is 45.4 Å². The number of amides is 2. The van der Waals surface area contributed by atoms with Crippen molar-refractivity contribution in [2.75, 3.05) is 50.5 Å². The zero-order valence-electron chi connectivity index (χ0n) is 23.5. The number of aromatic nitrogens is 4. The normalized spacial score (nSPS) is 18.4. The molecule has 0 saturated carbocycles. The summed E-state index contributed by atoms with van der Waals surface area (Å²) in [5.74, 6) is 2.88. The number of hydrogen-bond donors (Lipinski definition) is 2. The van der Waals surface area contributed by atoms with E-state index in [1.807, 2.05) is 12.3 Å². The SMILES string of the molecule is C#CC(=O)N1CCN(c2nc(NCCC(=O)N(C)C)nc3c2COC(c2c(C)ccc4[nH]ncc24)C3)C[C@@H]1CC#N. The van der Waals surface area contributed by atoms with Gasteiger partial charge >= 0.3 is 0 Å². The van der Waals surface area contributed by atoms with Gasteiger partial charge in [-0.2, -0.15) is 15.3 Å². The number of nitrogens with one attached hydrogen (secondary N) is 2. The maximum Gasteiger partial charge on any atom is 0.298 e. The number of piperazine rings is 1. The minimum absolute atomic E-state index is 0.00137. The quantitative estimate of drug-likeness (QED) is 0.418. The lowest BCUT2D eigenvalue weighted by molar-refractivity contribution is -0.128. The number of rotatable bonds is 7. The molecule has 2 N–H and O–H groups in total. The summed E-state index contributed by atoms with van der Waals surface area (Å²) in [6.45, 7) is 4.01. The van der Waals surface area contributed by atoms with Gasteiger partial charge in [-0.05, 0) is 30.0 Å². The molecule has 1 fully saturated rings. The van der Waals surface area contributed by atoms with E-state index in [-0.39, 0.29) is 24.5 Å². The Morgan fingerprint density at radius 3 is 2.88 bits per heavy atom. The average molecular weight is 556 g/mol. The second-order valence-corrected chi connectivity index (χ2v) is 10.5. The minimum atomic E-state index is -0.419. The molecule has 2 aromatic heterocycles. The first-order valence-corrected chi connectivity index (χ1v) is 13.6. The van der Waals surface area contributed by atoms with Crippen LogP contribution >= 0.6 is 0 Å². The van der Waals surface area contributed by atoms with Gasteiger partial charge in [0.2, 0.25) is 11.9 Å². The van der Waals surface area contributed by atoms with Crippen LogP contribution in [0.4, 0.5) is 11.8 Å². The second kappa shape index (κ2) is 11.8. The van der Waals surface area contributed by atoms with Crippen LogP contribution < -0.4 is 10.2 Å². The van der Waals surface area contributed by atoms with E-state index in [1.165, 1.54) is 0 Å². The van der Waals surface area contributed by atoms with Gasteiger partial charge in [0, 0.05) is 64.1 Å². The van der Waals surface area contributed by atoms with Crippen LogP contribution in [0.25, 0.3) is 10.9 Å². The van der Waals surface area contributed by atoms with Crippen LogP contribution in [0.2, 0.25) is 0 Å². The van der Waals surface area contributed by atoms with Gasteiger partial charge in [-0.1, -0.05) is 6.07 Å². The lowest BCUT2D eigenvalue weighted by Gasteiger charge is -2.41. The van der Waals surface area contributed by atoms with E-state index in [4.69, 9.17) is 21.1 Å². The van der Waals surface area contributed by atoms with Crippen molar-refractivity contribution in [3.8, 4) is 18.4 Å². The van der Waals surface area contributed by atoms with Gasteiger partial charge in [-0.15, -0.1) is 6.42 Å². The van der Waals surface area contributed by atoms with Gasteiger partial charge in [0.05, 0.1) is 48.7 Å². The van der Waals surface area contributed by atoms with Crippen molar-refractivity contribution >= 4 is 34.5 Å². The van der Waals surface area contributed by atoms with E-state index < -0.39 is 5.91 Å². The number of ether oxygens (including phenoxy) is 1. The van der Waals surface area contributed by atoms with Crippen molar-refractivity contribution in [1.29, 1.82) is 5.26 Å². The van der Waals surface area contributed by atoms with E-state index >= 15 is 0 Å². The fourth-order valence-electron chi connectivity index (χ4n) is 5.54. The molecule has 12 nitrogen and oxygen atoms in total. The minimum Gasteiger partial charge on any atom is -0.368 e. The number of carbonyl (C=O) groups is 2. The smallest absolute Gasteiger partial charge is 0.298 e. The lowest BCUT2D eigenvalue weighted by Crippen LogP contribution is -2.55. The van der Waals surface area contributed by atoms with Gasteiger partial charge in [0.25, 0.3) is 5.91 Å². The first kappa shape index (κ1) is 27.9. The number of nitriles is 1. The number of hydrogen-bond acceptors (Lipinski definition) is 9. The maximum absolute atomic E-state index is 12.3. The summed E-state index contributed by atoms with van der Waals surface area (Å²) in [6.07, 6.45) is 7.96. The number of benzene rings is 1. The van der Waals surface area contributed by atoms with Crippen LogP contribution in [0.5, 0.6) is 0 Å². The van der Waals surface area contributed by atoms with Gasteiger partial charge < -0.3 is 24.8 Å². The molecule has 12 heteroatoms. The fourth-order valence-corrected chi connectivity index (χ4v) is 5.54. The van der Waals surface area contributed by atoms with Crippen LogP contribution in [-0.4, -0.2) is 88.1 Å². The molecule has 1 unspecified atom stereocenters. The first-order chi connectivity index (χ1) is 19.8. The fraction of sp³-hybridized carbons (Fsp3) is 0.448. The Kier molecular flexibility index (Phi) is 8.04. The topological polar surface area (TPSA) is 143 Å². The zero-order chi connectivity index (χ0) is 29.1. The number of H-pyrrole nitrogens is 1. The van der Waals surface area contributed by atoms with E-state index in [0.29, 0.717) is 57.4 Å². The molecular weight excluding hydrogens is 522 g/mol. The largest absolute Gasteiger partial charge is 0.368 e. The zero-order valence-corrected chi connectivity index (χ0v) is 23.5. The van der Waals surface area contributed by atoms with Crippen LogP contribution in [0, 0.1) is 30.6 Å². The average Bonchev–Trinajstić information content (AvgIpc) is 3.45. The molecular formula is C29H33N9O3. The van der Waals surface area contributed by atoms with Crippen LogP contribution in [0.3, 0.4) is 0 Å². The van der Waals surface area contributed by atoms with Crippen molar-refractivity contribution in [2.24, 2.45) is 0 Å². The number of aromatic amines is 1. The Morgan fingerprint density at radius 2 is 2.12 bits per heavy atom. The lowest BCUT2D eigenvalue weighted by atomic mass is 9.93. The van der Waals surface area contributed by atoms with Gasteiger partial charge in [-0.25, -0.2) is 4.98 Å². The number of aryl methyl sites for hydroxylation is 1. The molecule has 1 saturated heterocycles. The highest BCUT2D eigenvalue weighted by molar-refractivity contribution is 5.93. The molecule has 0 aliphatic carbocycles. The Bertz CT molecular complexity index is 1550. The highest BCUT2D eigenvalue weighted by Gasteiger charge is 2.34. The Balaban J connectivity index is 1.48. The van der Waals surface area contributed by atoms with Crippen LogP contribution in [0.15, 0.2) is 18.3 Å². The number of fused-ring (bicyclic) bond motifs is 2. The summed E-state index contributed by atoms with van der Waals surface area (Å²) in [5, 5.41) is 20.9. The number of carbonyl (C=O) groups excluding carboxylic acids is 2. The second-order valence-electron chi connectivity index (χ2n) is 10.5. The monoisotopic (exact) mass is 555 g/mol. The first-order valence-electron chi connectivity index (χ1n) is 13.6. The molecule has 5 rings (SSSR count). The van der Waals surface area contributed by atoms with Crippen LogP contribution in [-0.2, 0) is 27.4 Å². The van der Waals surface area contributed by atoms with Gasteiger partial charge in [0.15, 0.2) is 0 Å². The predicted molar refractivity (Wildman–Crippen MR) is 153 cm³/mol. The molecule has 4 heterocycles. The molecule has 2 aliphatic rings. The molecule has 0 spiro atoms. The van der Waals surface area contributed by atoms with Crippen molar-refractivity contribution < 1.29 is 14.3 Å². The summed E-state index contributed by atoms with van der Waals surface area (Å²) in [6, 6.07) is 5.88. The number of anilines is 2. The van der Waals surface area contributed by atoms with Crippen molar-refractivity contribution in [1.82, 2.24) is 30.0 Å². The Morgan fingerprint density at radius 1 is 1.29 bits per heavy atom. The standard InChI is InChI=1S/C29H33N9O3/c1-5-25(39)38-13-12-37(16-19(38)8-10-30)28-21-17-41-24(27-18(2)6-7-22-20(27)15-32-35-22)14-23(21)33-29(34-28)31-11-9-26(40)36(3)4/h1,6-7,15,19,24H,8-9,11-14,16-17H2,2-4H3,(H,32,35)(H,31,33,34)/t19-,24?/m0/s1. The van der Waals surface area contributed by atoms with Crippen molar-refractivity contribution in [2.45, 2.75) is 44.9 Å². The predicted octanol–water partition coefficient (Wildman–Crippen LogP) is 1.93. The Labute approximate surface area is 238 Å². The number of nitrogens with zero attached hydrogens (tertiary/aromatic N) is 7. The molecule has 3 aromatic rings. The molecule has 2 amide bonds. The van der Waals surface area contributed by atoms with Crippen molar-refractivity contribution in [3.05, 3.63) is 40.7 Å². The van der Waals surface area contributed by atoms with Crippen LogP contribution in [0.1, 0.15) is 41.3 Å². The third kappa shape index (κ3) is 5.65. The molecule has 41 heavy (non-hydrogen) atoms. The van der Waals surface area contributed by atoms with E-state index in [0.717, 1.165) is 33.3 Å². The van der Waals surface area contributed by atoms with E-state index in [9.17, 15) is 14.9 Å². The maximum atomic E-state index is 12.3. The van der Waals surface area contributed by atoms with Crippen molar-refractivity contribution in [3.63, 3.8) is 0 Å². The third-order valence-electron chi connectivity index (χ3n) is 7.70. The Hall–Kier alpha value is -4.68. The van der Waals surface area contributed by atoms with E-state index in [1.54, 1.807) is 23.9 Å².